The summed E-state index contributed by atoms with van der Waals surface area (Å²) in [6.45, 7) is 7.76. The van der Waals surface area contributed by atoms with Crippen molar-refractivity contribution < 1.29 is 35.9 Å². The van der Waals surface area contributed by atoms with Crippen LogP contribution in [0.15, 0.2) is 42.5 Å². The van der Waals surface area contributed by atoms with Gasteiger partial charge in [0.15, 0.2) is 0 Å². The first-order valence-corrected chi connectivity index (χ1v) is 12.3. The van der Waals surface area contributed by atoms with Crippen LogP contribution in [0.4, 0.5) is 26.3 Å². The minimum Gasteiger partial charge on any atom is -0.373 e. The lowest BCUT2D eigenvalue weighted by Gasteiger charge is -2.47. The van der Waals surface area contributed by atoms with E-state index in [0.29, 0.717) is 31.6 Å². The molecule has 37 heavy (non-hydrogen) atoms. The molecule has 0 aromatic heterocycles. The molecule has 2 aromatic rings. The first-order valence-electron chi connectivity index (χ1n) is 12.3. The second kappa shape index (κ2) is 10.3. The number of alkyl halides is 6. The van der Waals surface area contributed by atoms with Crippen molar-refractivity contribution in [1.29, 1.82) is 0 Å². The lowest BCUT2D eigenvalue weighted by atomic mass is 9.83. The van der Waals surface area contributed by atoms with Crippen molar-refractivity contribution in [1.82, 2.24) is 9.80 Å². The molecule has 0 aliphatic carbocycles. The molecule has 4 nitrogen and oxygen atoms in total. The fraction of sp³-hybridized carbons (Fsp3) is 0.519. The summed E-state index contributed by atoms with van der Waals surface area (Å²) in [4.78, 5) is 17.0. The minimum atomic E-state index is -5.02. The Morgan fingerprint density at radius 3 is 1.92 bits per heavy atom. The van der Waals surface area contributed by atoms with Gasteiger partial charge in [-0.3, -0.25) is 9.69 Å². The molecule has 0 radical (unpaired) electrons. The number of nitrogens with zero attached hydrogens (tertiary/aromatic N) is 2. The number of piperidine rings is 1. The third kappa shape index (κ3) is 6.29. The van der Waals surface area contributed by atoms with Crippen molar-refractivity contribution >= 4 is 5.91 Å². The number of likely N-dealkylation sites (tertiary alicyclic amines) is 1. The summed E-state index contributed by atoms with van der Waals surface area (Å²) in [5.41, 5.74) is -1.57. The Morgan fingerprint density at radius 1 is 0.865 bits per heavy atom. The molecule has 2 aliphatic rings. The molecule has 2 fully saturated rings. The van der Waals surface area contributed by atoms with Crippen molar-refractivity contribution in [3.63, 3.8) is 0 Å². The topological polar surface area (TPSA) is 32.8 Å². The Morgan fingerprint density at radius 2 is 1.41 bits per heavy atom. The van der Waals surface area contributed by atoms with Gasteiger partial charge in [-0.1, -0.05) is 29.8 Å². The average molecular weight is 529 g/mol. The van der Waals surface area contributed by atoms with E-state index in [1.54, 1.807) is 0 Å². The van der Waals surface area contributed by atoms with Gasteiger partial charge in [-0.05, 0) is 51.0 Å². The van der Waals surface area contributed by atoms with Crippen molar-refractivity contribution in [3.05, 3.63) is 70.3 Å². The van der Waals surface area contributed by atoms with Crippen molar-refractivity contribution in [2.45, 2.75) is 63.7 Å². The van der Waals surface area contributed by atoms with Gasteiger partial charge in [0.05, 0.1) is 23.3 Å². The fourth-order valence-corrected chi connectivity index (χ4v) is 5.45. The molecule has 2 aromatic carbocycles. The molecule has 0 spiro atoms. The highest BCUT2D eigenvalue weighted by Gasteiger charge is 2.41. The molecule has 202 valence electrons. The van der Waals surface area contributed by atoms with Crippen LogP contribution < -0.4 is 0 Å². The molecular weight excluding hydrogens is 498 g/mol. The van der Waals surface area contributed by atoms with E-state index in [-0.39, 0.29) is 43.3 Å². The average Bonchev–Trinajstić information content (AvgIpc) is 2.81. The van der Waals surface area contributed by atoms with Gasteiger partial charge in [0, 0.05) is 43.7 Å². The van der Waals surface area contributed by atoms with Gasteiger partial charge in [-0.25, -0.2) is 0 Å². The predicted molar refractivity (Wildman–Crippen MR) is 126 cm³/mol. The Hall–Kier alpha value is -2.59. The van der Waals surface area contributed by atoms with E-state index >= 15 is 0 Å². The van der Waals surface area contributed by atoms with E-state index in [0.717, 1.165) is 11.1 Å². The Bertz CT molecular complexity index is 1070. The maximum atomic E-state index is 13.4. The number of carbonyl (C=O) groups excluding carboxylic acids is 1. The van der Waals surface area contributed by atoms with E-state index in [1.807, 2.05) is 45.0 Å². The largest absolute Gasteiger partial charge is 0.416 e. The first-order chi connectivity index (χ1) is 17.2. The number of morpholine rings is 1. The summed E-state index contributed by atoms with van der Waals surface area (Å²) in [7, 11) is 0. The number of halogens is 6. The molecule has 0 bridgehead atoms. The van der Waals surface area contributed by atoms with Gasteiger partial charge < -0.3 is 9.64 Å². The minimum absolute atomic E-state index is 0.0213. The standard InChI is InChI=1S/C27H30F6N2O2/c1-16-4-6-19(7-5-16)23-15-34(9-8-24(23)35-13-17(2)37-18(3)14-35)25(36)20-10-21(26(28,29)30)12-22(11-20)27(31,32)33/h4-7,10-12,17-18,23-24H,8-9,13-15H2,1-3H3. The third-order valence-corrected chi connectivity index (χ3v) is 7.12. The monoisotopic (exact) mass is 528 g/mol. The SMILES string of the molecule is Cc1ccc(C2CN(C(=O)c3cc(C(F)(F)F)cc(C(F)(F)F)c3)CCC2N2CC(C)OC(C)C2)cc1. The van der Waals surface area contributed by atoms with Crippen LogP contribution in [0.25, 0.3) is 0 Å². The summed E-state index contributed by atoms with van der Waals surface area (Å²) in [5.74, 6) is -1.00. The van der Waals surface area contributed by atoms with Crippen LogP contribution in [0.2, 0.25) is 0 Å². The third-order valence-electron chi connectivity index (χ3n) is 7.12. The zero-order chi connectivity index (χ0) is 27.1. The highest BCUT2D eigenvalue weighted by Crippen LogP contribution is 2.38. The maximum Gasteiger partial charge on any atom is 0.416 e. The molecule has 1 amide bonds. The van der Waals surface area contributed by atoms with Crippen LogP contribution in [0, 0.1) is 6.92 Å². The quantitative estimate of drug-likeness (QED) is 0.449. The molecule has 0 N–H and O–H groups in total. The van der Waals surface area contributed by atoms with Gasteiger partial charge >= 0.3 is 12.4 Å². The number of hydrogen-bond donors (Lipinski definition) is 0. The van der Waals surface area contributed by atoms with E-state index in [1.165, 1.54) is 4.90 Å². The second-order valence-electron chi connectivity index (χ2n) is 10.1. The molecule has 4 unspecified atom stereocenters. The van der Waals surface area contributed by atoms with Gasteiger partial charge in [-0.2, -0.15) is 26.3 Å². The first kappa shape index (κ1) is 27.4. The molecular formula is C27H30F6N2O2. The van der Waals surface area contributed by atoms with Crippen molar-refractivity contribution in [3.8, 4) is 0 Å². The summed E-state index contributed by atoms with van der Waals surface area (Å²) >= 11 is 0. The van der Waals surface area contributed by atoms with Crippen LogP contribution >= 0.6 is 0 Å². The van der Waals surface area contributed by atoms with E-state index in [4.69, 9.17) is 4.74 Å². The van der Waals surface area contributed by atoms with Gasteiger partial charge in [0.2, 0.25) is 0 Å². The fourth-order valence-electron chi connectivity index (χ4n) is 5.45. The zero-order valence-corrected chi connectivity index (χ0v) is 20.9. The molecule has 2 saturated heterocycles. The lowest BCUT2D eigenvalue weighted by Crippen LogP contribution is -2.56. The molecule has 2 heterocycles. The second-order valence-corrected chi connectivity index (χ2v) is 10.1. The molecule has 0 saturated carbocycles. The maximum absolute atomic E-state index is 13.4. The van der Waals surface area contributed by atoms with E-state index in [2.05, 4.69) is 4.90 Å². The van der Waals surface area contributed by atoms with Crippen LogP contribution in [0.3, 0.4) is 0 Å². The van der Waals surface area contributed by atoms with Crippen molar-refractivity contribution in [2.75, 3.05) is 26.2 Å². The Kier molecular flexibility index (Phi) is 7.63. The normalized spacial score (nSPS) is 25.8. The number of rotatable bonds is 3. The summed E-state index contributed by atoms with van der Waals surface area (Å²) in [6.07, 6.45) is -9.45. The van der Waals surface area contributed by atoms with Gasteiger partial charge in [0.25, 0.3) is 5.91 Å². The van der Waals surface area contributed by atoms with E-state index in [9.17, 15) is 31.1 Å². The number of carbonyl (C=O) groups is 1. The number of aryl methyl sites for hydroxylation is 1. The lowest BCUT2D eigenvalue weighted by molar-refractivity contribution is -0.143. The number of ether oxygens (including phenoxy) is 1. The number of benzene rings is 2. The zero-order valence-electron chi connectivity index (χ0n) is 20.9. The molecule has 2 aliphatic heterocycles. The summed E-state index contributed by atoms with van der Waals surface area (Å²) in [6, 6.07) is 8.97. The highest BCUT2D eigenvalue weighted by atomic mass is 19.4. The highest BCUT2D eigenvalue weighted by molar-refractivity contribution is 5.95. The molecule has 4 atom stereocenters. The number of amides is 1. The molecule has 10 heteroatoms. The van der Waals surface area contributed by atoms with E-state index < -0.39 is 35.0 Å². The smallest absolute Gasteiger partial charge is 0.373 e. The number of hydrogen-bond acceptors (Lipinski definition) is 3. The van der Waals surface area contributed by atoms with Crippen LogP contribution in [0.5, 0.6) is 0 Å². The predicted octanol–water partition coefficient (Wildman–Crippen LogP) is 6.14. The van der Waals surface area contributed by atoms with Crippen molar-refractivity contribution in [2.24, 2.45) is 0 Å². The van der Waals surface area contributed by atoms with Crippen LogP contribution in [-0.4, -0.2) is 60.1 Å². The van der Waals surface area contributed by atoms with Crippen LogP contribution in [0.1, 0.15) is 58.8 Å². The van der Waals surface area contributed by atoms with Gasteiger partial charge in [-0.15, -0.1) is 0 Å². The molecule has 4 rings (SSSR count). The Labute approximate surface area is 212 Å². The Balaban J connectivity index is 1.66. The summed E-state index contributed by atoms with van der Waals surface area (Å²) in [5, 5.41) is 0. The van der Waals surface area contributed by atoms with Gasteiger partial charge in [0.1, 0.15) is 0 Å². The van der Waals surface area contributed by atoms with Crippen LogP contribution in [-0.2, 0) is 17.1 Å². The summed E-state index contributed by atoms with van der Waals surface area (Å²) < 4.78 is 86.1.